The highest BCUT2D eigenvalue weighted by Gasteiger charge is 2.16. The van der Waals surface area contributed by atoms with E-state index in [9.17, 15) is 8.42 Å². The molecule has 3 rings (SSSR count). The summed E-state index contributed by atoms with van der Waals surface area (Å²) in [7, 11) is -3.68. The molecule has 134 valence electrons. The van der Waals surface area contributed by atoms with E-state index in [-0.39, 0.29) is 4.90 Å². The number of sulfonamides is 1. The van der Waals surface area contributed by atoms with Crippen LogP contribution in [0.15, 0.2) is 82.6 Å². The second-order valence-electron chi connectivity index (χ2n) is 5.47. The maximum atomic E-state index is 12.6. The van der Waals surface area contributed by atoms with Gasteiger partial charge in [-0.2, -0.15) is 0 Å². The zero-order chi connectivity index (χ0) is 18.6. The summed E-state index contributed by atoms with van der Waals surface area (Å²) in [5, 5.41) is 1.18. The van der Waals surface area contributed by atoms with Crippen molar-refractivity contribution in [1.82, 2.24) is 0 Å². The number of thioether (sulfide) groups is 1. The quantitative estimate of drug-likeness (QED) is 0.488. The van der Waals surface area contributed by atoms with Gasteiger partial charge in [-0.3, -0.25) is 4.72 Å². The number of anilines is 1. The summed E-state index contributed by atoms with van der Waals surface area (Å²) < 4.78 is 27.9. The Hall–Kier alpha value is -1.66. The van der Waals surface area contributed by atoms with Crippen molar-refractivity contribution in [3.63, 3.8) is 0 Å². The molecule has 0 saturated carbocycles. The summed E-state index contributed by atoms with van der Waals surface area (Å²) in [4.78, 5) is 1.01. The summed E-state index contributed by atoms with van der Waals surface area (Å²) in [6, 6.07) is 21.0. The summed E-state index contributed by atoms with van der Waals surface area (Å²) in [5.41, 5.74) is 1.65. The molecule has 0 spiro atoms. The number of halogens is 2. The predicted molar refractivity (Wildman–Crippen MR) is 110 cm³/mol. The molecule has 1 N–H and O–H groups in total. The van der Waals surface area contributed by atoms with Crippen LogP contribution in [0.2, 0.25) is 10.0 Å². The number of rotatable bonds is 6. The third-order valence-electron chi connectivity index (χ3n) is 3.56. The van der Waals surface area contributed by atoms with E-state index in [1.54, 1.807) is 36.0 Å². The molecule has 0 saturated heterocycles. The molecular weight excluding hydrogens is 409 g/mol. The summed E-state index contributed by atoms with van der Waals surface area (Å²) >= 11 is 13.3. The fourth-order valence-corrected chi connectivity index (χ4v) is 4.60. The first-order valence-electron chi connectivity index (χ1n) is 7.69. The smallest absolute Gasteiger partial charge is 0.261 e. The van der Waals surface area contributed by atoms with Crippen molar-refractivity contribution in [2.45, 2.75) is 15.5 Å². The molecule has 3 aromatic carbocycles. The van der Waals surface area contributed by atoms with E-state index in [1.807, 2.05) is 36.4 Å². The van der Waals surface area contributed by atoms with Gasteiger partial charge in [-0.05, 0) is 54.1 Å². The van der Waals surface area contributed by atoms with Gasteiger partial charge in [-0.25, -0.2) is 8.42 Å². The van der Waals surface area contributed by atoms with Gasteiger partial charge in [0.05, 0.1) is 10.6 Å². The molecule has 0 amide bonds. The van der Waals surface area contributed by atoms with Crippen LogP contribution in [0.25, 0.3) is 0 Å². The Balaban J connectivity index is 1.78. The first-order chi connectivity index (χ1) is 12.4. The lowest BCUT2D eigenvalue weighted by molar-refractivity contribution is 0.601. The third-order valence-corrected chi connectivity index (χ3v) is 6.59. The molecule has 26 heavy (non-hydrogen) atoms. The highest BCUT2D eigenvalue weighted by molar-refractivity contribution is 7.98. The van der Waals surface area contributed by atoms with Crippen LogP contribution in [0.4, 0.5) is 5.69 Å². The Morgan fingerprint density at radius 2 is 1.38 bits per heavy atom. The number of hydrogen-bond donors (Lipinski definition) is 1. The lowest BCUT2D eigenvalue weighted by Crippen LogP contribution is -2.13. The fraction of sp³-hybridized carbons (Fsp3) is 0.0526. The molecule has 0 unspecified atom stereocenters. The highest BCUT2D eigenvalue weighted by Crippen LogP contribution is 2.31. The minimum absolute atomic E-state index is 0.166. The van der Waals surface area contributed by atoms with Crippen molar-refractivity contribution in [3.05, 3.63) is 88.4 Å². The van der Waals surface area contributed by atoms with Crippen molar-refractivity contribution in [2.75, 3.05) is 4.72 Å². The highest BCUT2D eigenvalue weighted by atomic mass is 35.5. The van der Waals surface area contributed by atoms with E-state index < -0.39 is 10.0 Å². The molecule has 7 heteroatoms. The summed E-state index contributed by atoms with van der Waals surface area (Å²) in [5.74, 6) is 0.705. The molecule has 0 aromatic heterocycles. The second kappa shape index (κ2) is 8.35. The minimum atomic E-state index is -3.68. The van der Waals surface area contributed by atoms with E-state index in [2.05, 4.69) is 4.72 Å². The van der Waals surface area contributed by atoms with Gasteiger partial charge in [0.25, 0.3) is 10.0 Å². The van der Waals surface area contributed by atoms with E-state index in [0.29, 0.717) is 21.5 Å². The van der Waals surface area contributed by atoms with Crippen LogP contribution in [-0.2, 0) is 15.8 Å². The van der Waals surface area contributed by atoms with E-state index in [1.165, 1.54) is 12.1 Å². The van der Waals surface area contributed by atoms with E-state index >= 15 is 0 Å². The summed E-state index contributed by atoms with van der Waals surface area (Å²) in [6.07, 6.45) is 0. The predicted octanol–water partition coefficient (Wildman–Crippen LogP) is 6.09. The molecule has 0 bridgehead atoms. The molecule has 0 aliphatic heterocycles. The molecule has 0 aliphatic carbocycles. The average molecular weight is 424 g/mol. The Labute approximate surface area is 167 Å². The third kappa shape index (κ3) is 4.95. The Kier molecular flexibility index (Phi) is 6.14. The zero-order valence-corrected chi connectivity index (χ0v) is 16.7. The van der Waals surface area contributed by atoms with Crippen molar-refractivity contribution < 1.29 is 8.42 Å². The molecular formula is C19H15Cl2NO2S2. The van der Waals surface area contributed by atoms with Crippen molar-refractivity contribution in [2.24, 2.45) is 0 Å². The molecule has 0 aliphatic rings. The van der Waals surface area contributed by atoms with Gasteiger partial charge in [-0.15, -0.1) is 11.8 Å². The van der Waals surface area contributed by atoms with Crippen LogP contribution in [0.5, 0.6) is 0 Å². The maximum absolute atomic E-state index is 12.6. The van der Waals surface area contributed by atoms with Crippen LogP contribution in [0.3, 0.4) is 0 Å². The molecule has 0 radical (unpaired) electrons. The zero-order valence-electron chi connectivity index (χ0n) is 13.5. The number of para-hydroxylation sites is 1. The maximum Gasteiger partial charge on any atom is 0.261 e. The molecule has 0 fully saturated rings. The lowest BCUT2D eigenvalue weighted by Gasteiger charge is -2.12. The van der Waals surface area contributed by atoms with Crippen LogP contribution in [-0.4, -0.2) is 8.42 Å². The van der Waals surface area contributed by atoms with Crippen molar-refractivity contribution in [3.8, 4) is 0 Å². The van der Waals surface area contributed by atoms with Gasteiger partial charge in [0.2, 0.25) is 0 Å². The average Bonchev–Trinajstić information content (AvgIpc) is 2.62. The molecule has 3 nitrogen and oxygen atoms in total. The Morgan fingerprint density at radius 3 is 2.04 bits per heavy atom. The van der Waals surface area contributed by atoms with Crippen LogP contribution in [0, 0.1) is 0 Å². The standard InChI is InChI=1S/C19H15Cl2NO2S2/c20-15-7-5-14(6-8-15)13-25-19-4-2-1-3-18(19)22-26(23,24)17-11-9-16(21)10-12-17/h1-12,22H,13H2. The number of benzene rings is 3. The van der Waals surface area contributed by atoms with Gasteiger partial charge in [0, 0.05) is 20.7 Å². The van der Waals surface area contributed by atoms with Crippen LogP contribution in [0.1, 0.15) is 5.56 Å². The van der Waals surface area contributed by atoms with Crippen LogP contribution < -0.4 is 4.72 Å². The normalized spacial score (nSPS) is 11.3. The van der Waals surface area contributed by atoms with Crippen LogP contribution >= 0.6 is 35.0 Å². The molecule has 0 atom stereocenters. The molecule has 3 aromatic rings. The second-order valence-corrected chi connectivity index (χ2v) is 9.04. The topological polar surface area (TPSA) is 46.2 Å². The monoisotopic (exact) mass is 423 g/mol. The van der Waals surface area contributed by atoms with Gasteiger partial charge in [0.15, 0.2) is 0 Å². The van der Waals surface area contributed by atoms with Gasteiger partial charge >= 0.3 is 0 Å². The Bertz CT molecular complexity index is 989. The minimum Gasteiger partial charge on any atom is -0.278 e. The SMILES string of the molecule is O=S(=O)(Nc1ccccc1SCc1ccc(Cl)cc1)c1ccc(Cl)cc1. The first kappa shape index (κ1) is 19.1. The van der Waals surface area contributed by atoms with Crippen molar-refractivity contribution in [1.29, 1.82) is 0 Å². The van der Waals surface area contributed by atoms with Crippen molar-refractivity contribution >= 4 is 50.7 Å². The van der Waals surface area contributed by atoms with Gasteiger partial charge in [0.1, 0.15) is 0 Å². The lowest BCUT2D eigenvalue weighted by atomic mass is 10.2. The van der Waals surface area contributed by atoms with E-state index in [0.717, 1.165) is 10.5 Å². The number of hydrogen-bond acceptors (Lipinski definition) is 3. The van der Waals surface area contributed by atoms with Gasteiger partial charge in [-0.1, -0.05) is 47.5 Å². The fourth-order valence-electron chi connectivity index (χ4n) is 2.24. The molecule has 0 heterocycles. The number of nitrogens with one attached hydrogen (secondary N) is 1. The van der Waals surface area contributed by atoms with Gasteiger partial charge < -0.3 is 0 Å². The van der Waals surface area contributed by atoms with E-state index in [4.69, 9.17) is 23.2 Å². The summed E-state index contributed by atoms with van der Waals surface area (Å²) in [6.45, 7) is 0. The Morgan fingerprint density at radius 1 is 0.808 bits per heavy atom. The first-order valence-corrected chi connectivity index (χ1v) is 10.9. The largest absolute Gasteiger partial charge is 0.278 e.